The van der Waals surface area contributed by atoms with E-state index in [9.17, 15) is 8.42 Å². The van der Waals surface area contributed by atoms with Crippen LogP contribution >= 0.6 is 11.3 Å². The van der Waals surface area contributed by atoms with Gasteiger partial charge in [-0.05, 0) is 18.3 Å². The van der Waals surface area contributed by atoms with E-state index in [-0.39, 0.29) is 14.9 Å². The lowest BCUT2D eigenvalue weighted by atomic mass is 9.85. The van der Waals surface area contributed by atoms with Crippen LogP contribution in [-0.4, -0.2) is 36.0 Å². The summed E-state index contributed by atoms with van der Waals surface area (Å²) >= 11 is 0.914. The molecule has 96 valence electrons. The van der Waals surface area contributed by atoms with Gasteiger partial charge in [-0.15, -0.1) is 10.2 Å². The number of hydrogen-bond donors (Lipinski definition) is 1. The molecule has 0 aliphatic carbocycles. The molecule has 1 aliphatic heterocycles. The van der Waals surface area contributed by atoms with Crippen LogP contribution in [-0.2, 0) is 10.0 Å². The summed E-state index contributed by atoms with van der Waals surface area (Å²) in [5.41, 5.74) is 5.44. The van der Waals surface area contributed by atoms with Crippen molar-refractivity contribution in [3.8, 4) is 0 Å². The molecular formula is C9H16N4O2S2. The molecule has 1 saturated heterocycles. The van der Waals surface area contributed by atoms with Gasteiger partial charge in [-0.2, -0.15) is 4.31 Å². The first-order chi connectivity index (χ1) is 7.81. The fourth-order valence-corrected chi connectivity index (χ4v) is 4.60. The Balaban J connectivity index is 2.27. The predicted molar refractivity (Wildman–Crippen MR) is 66.1 cm³/mol. The molecule has 8 heteroatoms. The van der Waals surface area contributed by atoms with Gasteiger partial charge in [0.25, 0.3) is 10.0 Å². The van der Waals surface area contributed by atoms with Crippen molar-refractivity contribution in [2.75, 3.05) is 18.8 Å². The topological polar surface area (TPSA) is 89.2 Å². The summed E-state index contributed by atoms with van der Waals surface area (Å²) in [6.07, 6.45) is 1.91. The van der Waals surface area contributed by atoms with E-state index in [0.29, 0.717) is 13.1 Å². The quantitative estimate of drug-likeness (QED) is 0.868. The van der Waals surface area contributed by atoms with E-state index in [1.54, 1.807) is 0 Å². The van der Waals surface area contributed by atoms with Crippen molar-refractivity contribution in [1.29, 1.82) is 0 Å². The van der Waals surface area contributed by atoms with Gasteiger partial charge in [0.2, 0.25) is 9.47 Å². The normalized spacial score (nSPS) is 21.5. The van der Waals surface area contributed by atoms with Crippen molar-refractivity contribution in [2.45, 2.75) is 31.0 Å². The van der Waals surface area contributed by atoms with E-state index in [1.807, 2.05) is 0 Å². The molecule has 0 atom stereocenters. The maximum atomic E-state index is 12.3. The molecular weight excluding hydrogens is 260 g/mol. The van der Waals surface area contributed by atoms with E-state index in [0.717, 1.165) is 24.2 Å². The third kappa shape index (κ3) is 2.58. The van der Waals surface area contributed by atoms with Crippen LogP contribution in [0.4, 0.5) is 5.13 Å². The second kappa shape index (κ2) is 4.18. The van der Waals surface area contributed by atoms with E-state index < -0.39 is 10.0 Å². The molecule has 0 aromatic carbocycles. The van der Waals surface area contributed by atoms with Crippen LogP contribution in [0.5, 0.6) is 0 Å². The van der Waals surface area contributed by atoms with Crippen LogP contribution in [0, 0.1) is 5.41 Å². The number of nitrogens with zero attached hydrogens (tertiary/aromatic N) is 3. The second-order valence-electron chi connectivity index (χ2n) is 5.01. The van der Waals surface area contributed by atoms with Crippen molar-refractivity contribution in [2.24, 2.45) is 5.41 Å². The number of nitrogen functional groups attached to an aromatic ring is 1. The minimum absolute atomic E-state index is 0.00676. The van der Waals surface area contributed by atoms with Gasteiger partial charge < -0.3 is 5.73 Å². The van der Waals surface area contributed by atoms with Crippen LogP contribution in [0.25, 0.3) is 0 Å². The van der Waals surface area contributed by atoms with Gasteiger partial charge >= 0.3 is 0 Å². The molecule has 0 spiro atoms. The first kappa shape index (κ1) is 12.7. The van der Waals surface area contributed by atoms with Gasteiger partial charge in [-0.3, -0.25) is 0 Å². The Hall–Kier alpha value is -0.730. The SMILES string of the molecule is CC1(C)CCCN(S(=O)(=O)c2nnc(N)s2)C1. The fourth-order valence-electron chi connectivity index (χ4n) is 2.01. The number of sulfonamides is 1. The zero-order valence-corrected chi connectivity index (χ0v) is 11.5. The highest BCUT2D eigenvalue weighted by Gasteiger charge is 2.35. The van der Waals surface area contributed by atoms with Gasteiger partial charge in [0.15, 0.2) is 0 Å². The predicted octanol–water partition coefficient (Wildman–Crippen LogP) is 0.931. The highest BCUT2D eigenvalue weighted by molar-refractivity contribution is 7.91. The number of nitrogens with two attached hydrogens (primary N) is 1. The first-order valence-electron chi connectivity index (χ1n) is 5.40. The van der Waals surface area contributed by atoms with Gasteiger partial charge in [-0.25, -0.2) is 8.42 Å². The molecule has 2 N–H and O–H groups in total. The average Bonchev–Trinajstić information content (AvgIpc) is 2.64. The van der Waals surface area contributed by atoms with Gasteiger partial charge in [0.05, 0.1) is 0 Å². The van der Waals surface area contributed by atoms with E-state index >= 15 is 0 Å². The van der Waals surface area contributed by atoms with Crippen LogP contribution in [0.3, 0.4) is 0 Å². The highest BCUT2D eigenvalue weighted by Crippen LogP contribution is 2.32. The van der Waals surface area contributed by atoms with E-state index in [1.165, 1.54) is 4.31 Å². The highest BCUT2D eigenvalue weighted by atomic mass is 32.2. The van der Waals surface area contributed by atoms with Crippen molar-refractivity contribution in [3.63, 3.8) is 0 Å². The Bertz CT molecular complexity index is 509. The third-order valence-corrected chi connectivity index (χ3v) is 5.79. The first-order valence-corrected chi connectivity index (χ1v) is 7.66. The molecule has 0 bridgehead atoms. The fraction of sp³-hybridized carbons (Fsp3) is 0.778. The minimum atomic E-state index is -3.51. The van der Waals surface area contributed by atoms with Crippen molar-refractivity contribution in [1.82, 2.24) is 14.5 Å². The Morgan fingerprint density at radius 1 is 1.41 bits per heavy atom. The molecule has 1 aromatic heterocycles. The summed E-state index contributed by atoms with van der Waals surface area (Å²) in [7, 11) is -3.51. The maximum absolute atomic E-state index is 12.3. The van der Waals surface area contributed by atoms with Gasteiger partial charge in [0, 0.05) is 13.1 Å². The summed E-state index contributed by atoms with van der Waals surface area (Å²) in [6.45, 7) is 5.21. The van der Waals surface area contributed by atoms with Crippen LogP contribution in [0.2, 0.25) is 0 Å². The molecule has 0 amide bonds. The lowest BCUT2D eigenvalue weighted by molar-refractivity contribution is 0.187. The summed E-state index contributed by atoms with van der Waals surface area (Å²) in [4.78, 5) is 0. The maximum Gasteiger partial charge on any atom is 0.272 e. The molecule has 1 aromatic rings. The minimum Gasteiger partial charge on any atom is -0.374 e. The molecule has 2 heterocycles. The summed E-state index contributed by atoms with van der Waals surface area (Å²) in [6, 6.07) is 0. The summed E-state index contributed by atoms with van der Waals surface area (Å²) in [5.74, 6) is 0. The lowest BCUT2D eigenvalue weighted by Gasteiger charge is -2.36. The van der Waals surface area contributed by atoms with Crippen molar-refractivity contribution in [3.05, 3.63) is 0 Å². The number of rotatable bonds is 2. The largest absolute Gasteiger partial charge is 0.374 e. The second-order valence-corrected chi connectivity index (χ2v) is 8.13. The monoisotopic (exact) mass is 276 g/mol. The molecule has 0 unspecified atom stereocenters. The zero-order chi connectivity index (χ0) is 12.7. The van der Waals surface area contributed by atoms with Crippen molar-refractivity contribution < 1.29 is 8.42 Å². The number of aromatic nitrogens is 2. The van der Waals surface area contributed by atoms with Gasteiger partial charge in [0.1, 0.15) is 0 Å². The lowest BCUT2D eigenvalue weighted by Crippen LogP contribution is -2.43. The molecule has 0 saturated carbocycles. The smallest absolute Gasteiger partial charge is 0.272 e. The Kier molecular flexibility index (Phi) is 3.13. The number of hydrogen-bond acceptors (Lipinski definition) is 6. The average molecular weight is 276 g/mol. The summed E-state index contributed by atoms with van der Waals surface area (Å²) in [5, 5.41) is 7.36. The number of piperidine rings is 1. The molecule has 0 radical (unpaired) electrons. The Morgan fingerprint density at radius 2 is 2.12 bits per heavy atom. The van der Waals surface area contributed by atoms with Gasteiger partial charge in [-0.1, -0.05) is 25.2 Å². The Labute approximate surface area is 105 Å². The van der Waals surface area contributed by atoms with Crippen molar-refractivity contribution >= 4 is 26.5 Å². The van der Waals surface area contributed by atoms with Crippen LogP contribution in [0.15, 0.2) is 4.34 Å². The number of anilines is 1. The Morgan fingerprint density at radius 3 is 2.65 bits per heavy atom. The molecule has 1 aliphatic rings. The summed E-state index contributed by atoms with van der Waals surface area (Å²) < 4.78 is 26.0. The molecule has 1 fully saturated rings. The zero-order valence-electron chi connectivity index (χ0n) is 9.88. The molecule has 2 rings (SSSR count). The van der Waals surface area contributed by atoms with E-state index in [4.69, 9.17) is 5.73 Å². The van der Waals surface area contributed by atoms with Crippen LogP contribution < -0.4 is 5.73 Å². The standard InChI is InChI=1S/C9H16N4O2S2/c1-9(2)4-3-5-13(6-9)17(14,15)8-12-11-7(10)16-8/h3-6H2,1-2H3,(H2,10,11). The van der Waals surface area contributed by atoms with E-state index in [2.05, 4.69) is 24.0 Å². The molecule has 17 heavy (non-hydrogen) atoms. The molecule has 6 nitrogen and oxygen atoms in total. The van der Waals surface area contributed by atoms with Crippen LogP contribution in [0.1, 0.15) is 26.7 Å². The third-order valence-electron chi connectivity index (χ3n) is 2.85.